The van der Waals surface area contributed by atoms with Crippen molar-refractivity contribution >= 4 is 22.7 Å². The maximum atomic E-state index is 12.8. The number of benzene rings is 2. The number of carbonyl (C=O) groups is 1. The van der Waals surface area contributed by atoms with Crippen molar-refractivity contribution in [3.63, 3.8) is 0 Å². The molecule has 0 spiro atoms. The second-order valence-corrected chi connectivity index (χ2v) is 7.05. The smallest absolute Gasteiger partial charge is 0.299 e. The quantitative estimate of drug-likeness (QED) is 0.490. The van der Waals surface area contributed by atoms with Gasteiger partial charge in [0.05, 0.1) is 18.6 Å². The van der Waals surface area contributed by atoms with Gasteiger partial charge < -0.3 is 14.6 Å². The number of para-hydroxylation sites is 2. The van der Waals surface area contributed by atoms with Gasteiger partial charge in [0.15, 0.2) is 0 Å². The van der Waals surface area contributed by atoms with Crippen molar-refractivity contribution < 1.29 is 14.1 Å². The third kappa shape index (κ3) is 4.32. The molecule has 0 atom stereocenters. The molecule has 8 nitrogen and oxygen atoms in total. The lowest BCUT2D eigenvalue weighted by Gasteiger charge is -2.11. The van der Waals surface area contributed by atoms with Gasteiger partial charge in [0.25, 0.3) is 11.1 Å². The summed E-state index contributed by atoms with van der Waals surface area (Å²) in [5, 5.41) is 6.85. The molecule has 4 rings (SSSR count). The molecule has 0 unspecified atom stereocenters. The molecule has 0 saturated heterocycles. The van der Waals surface area contributed by atoms with Crippen LogP contribution in [0.4, 0.5) is 5.69 Å². The number of hydrogen-bond acceptors (Lipinski definition) is 6. The minimum atomic E-state index is -0.377. The lowest BCUT2D eigenvalue weighted by atomic mass is 10.1. The summed E-state index contributed by atoms with van der Waals surface area (Å²) in [7, 11) is 0. The summed E-state index contributed by atoms with van der Waals surface area (Å²) in [4.78, 5) is 29.5. The van der Waals surface area contributed by atoms with Gasteiger partial charge in [0, 0.05) is 18.5 Å². The van der Waals surface area contributed by atoms with Crippen LogP contribution in [-0.2, 0) is 11.3 Å². The third-order valence-electron chi connectivity index (χ3n) is 4.81. The molecule has 2 aromatic carbocycles. The fourth-order valence-corrected chi connectivity index (χ4v) is 3.20. The molecule has 0 aliphatic carbocycles. The van der Waals surface area contributed by atoms with Crippen LogP contribution < -0.4 is 15.6 Å². The van der Waals surface area contributed by atoms with Crippen LogP contribution in [0.25, 0.3) is 22.4 Å². The molecule has 2 aromatic heterocycles. The van der Waals surface area contributed by atoms with E-state index in [2.05, 4.69) is 15.5 Å². The first-order chi connectivity index (χ1) is 15.1. The predicted octanol–water partition coefficient (Wildman–Crippen LogP) is 3.79. The van der Waals surface area contributed by atoms with Crippen molar-refractivity contribution in [3.8, 4) is 17.0 Å². The van der Waals surface area contributed by atoms with Crippen LogP contribution in [-0.4, -0.2) is 27.2 Å². The van der Waals surface area contributed by atoms with E-state index in [9.17, 15) is 9.59 Å². The van der Waals surface area contributed by atoms with E-state index < -0.39 is 0 Å². The first kappa shape index (κ1) is 20.3. The van der Waals surface area contributed by atoms with Crippen LogP contribution in [0.15, 0.2) is 64.2 Å². The zero-order chi connectivity index (χ0) is 21.8. The molecule has 0 aliphatic rings. The van der Waals surface area contributed by atoms with Gasteiger partial charge >= 0.3 is 0 Å². The third-order valence-corrected chi connectivity index (χ3v) is 4.81. The van der Waals surface area contributed by atoms with Crippen molar-refractivity contribution in [3.05, 3.63) is 70.8 Å². The molecule has 2 heterocycles. The van der Waals surface area contributed by atoms with Crippen LogP contribution in [0.5, 0.6) is 5.75 Å². The van der Waals surface area contributed by atoms with Crippen LogP contribution in [0, 0.1) is 6.92 Å². The minimum absolute atomic E-state index is 0.0696. The van der Waals surface area contributed by atoms with E-state index in [1.165, 1.54) is 10.9 Å². The Labute approximate surface area is 178 Å². The van der Waals surface area contributed by atoms with Crippen molar-refractivity contribution in [1.82, 2.24) is 14.7 Å². The molecule has 0 saturated carbocycles. The van der Waals surface area contributed by atoms with E-state index in [-0.39, 0.29) is 30.0 Å². The van der Waals surface area contributed by atoms with Gasteiger partial charge in [-0.25, -0.2) is 4.98 Å². The van der Waals surface area contributed by atoms with E-state index in [1.54, 1.807) is 12.1 Å². The zero-order valence-corrected chi connectivity index (χ0v) is 17.3. The lowest BCUT2D eigenvalue weighted by molar-refractivity contribution is -0.116. The monoisotopic (exact) mass is 418 g/mol. The molecule has 0 fully saturated rings. The summed E-state index contributed by atoms with van der Waals surface area (Å²) in [6, 6.07) is 14.9. The largest absolute Gasteiger partial charge is 0.492 e. The number of carbonyl (C=O) groups excluding carboxylic acids is 1. The summed E-state index contributed by atoms with van der Waals surface area (Å²) in [5.74, 6) is 0.362. The Morgan fingerprint density at radius 1 is 1.16 bits per heavy atom. The highest BCUT2D eigenvalue weighted by atomic mass is 16.5. The van der Waals surface area contributed by atoms with Crippen molar-refractivity contribution in [2.75, 3.05) is 11.9 Å². The Morgan fingerprint density at radius 2 is 1.94 bits per heavy atom. The van der Waals surface area contributed by atoms with E-state index in [0.717, 1.165) is 11.1 Å². The Hall–Kier alpha value is -3.94. The van der Waals surface area contributed by atoms with Gasteiger partial charge in [0.2, 0.25) is 5.91 Å². The Morgan fingerprint density at radius 3 is 2.71 bits per heavy atom. The SMILES string of the molecule is CCOc1ccccc1NC(=O)CCn1cnc2c(-c3ccc(C)cc3)noc2c1=O. The van der Waals surface area contributed by atoms with Crippen molar-refractivity contribution in [2.24, 2.45) is 0 Å². The first-order valence-electron chi connectivity index (χ1n) is 10.0. The molecule has 31 heavy (non-hydrogen) atoms. The van der Waals surface area contributed by atoms with Crippen LogP contribution in [0.3, 0.4) is 0 Å². The second-order valence-electron chi connectivity index (χ2n) is 7.05. The van der Waals surface area contributed by atoms with Crippen LogP contribution in [0.1, 0.15) is 18.9 Å². The molecule has 158 valence electrons. The van der Waals surface area contributed by atoms with E-state index >= 15 is 0 Å². The van der Waals surface area contributed by atoms with Crippen molar-refractivity contribution in [1.29, 1.82) is 0 Å². The minimum Gasteiger partial charge on any atom is -0.492 e. The number of fused-ring (bicyclic) bond motifs is 1. The van der Waals surface area contributed by atoms with Crippen LogP contribution >= 0.6 is 0 Å². The number of nitrogens with one attached hydrogen (secondary N) is 1. The highest BCUT2D eigenvalue weighted by Gasteiger charge is 2.17. The topological polar surface area (TPSA) is 99.2 Å². The van der Waals surface area contributed by atoms with E-state index in [0.29, 0.717) is 29.3 Å². The average Bonchev–Trinajstić information content (AvgIpc) is 3.20. The number of aromatic nitrogens is 3. The highest BCUT2D eigenvalue weighted by Crippen LogP contribution is 2.25. The average molecular weight is 418 g/mol. The number of rotatable bonds is 7. The normalized spacial score (nSPS) is 10.9. The van der Waals surface area contributed by atoms with E-state index in [4.69, 9.17) is 9.26 Å². The summed E-state index contributed by atoms with van der Waals surface area (Å²) in [5.41, 5.74) is 3.15. The Balaban J connectivity index is 1.49. The molecule has 4 aromatic rings. The van der Waals surface area contributed by atoms with Gasteiger partial charge in [-0.15, -0.1) is 0 Å². The Kier molecular flexibility index (Phi) is 5.79. The molecule has 8 heteroatoms. The first-order valence-corrected chi connectivity index (χ1v) is 10.0. The highest BCUT2D eigenvalue weighted by molar-refractivity contribution is 5.92. The summed E-state index contributed by atoms with van der Waals surface area (Å²) in [6.07, 6.45) is 1.51. The number of amides is 1. The number of aryl methyl sites for hydroxylation is 2. The predicted molar refractivity (Wildman–Crippen MR) is 117 cm³/mol. The van der Waals surface area contributed by atoms with Gasteiger partial charge in [-0.3, -0.25) is 14.2 Å². The molecule has 0 bridgehead atoms. The summed E-state index contributed by atoms with van der Waals surface area (Å²) in [6.45, 7) is 4.52. The fourth-order valence-electron chi connectivity index (χ4n) is 3.20. The molecular formula is C23H22N4O4. The molecule has 0 radical (unpaired) electrons. The number of hydrogen-bond donors (Lipinski definition) is 1. The summed E-state index contributed by atoms with van der Waals surface area (Å²) < 4.78 is 12.1. The summed E-state index contributed by atoms with van der Waals surface area (Å²) >= 11 is 0. The molecule has 0 aliphatic heterocycles. The lowest BCUT2D eigenvalue weighted by Crippen LogP contribution is -2.23. The number of nitrogens with zero attached hydrogens (tertiary/aromatic N) is 3. The molecule has 1 N–H and O–H groups in total. The van der Waals surface area contributed by atoms with Gasteiger partial charge in [-0.05, 0) is 26.0 Å². The number of anilines is 1. The van der Waals surface area contributed by atoms with Gasteiger partial charge in [-0.2, -0.15) is 0 Å². The van der Waals surface area contributed by atoms with Gasteiger partial charge in [0.1, 0.15) is 17.0 Å². The van der Waals surface area contributed by atoms with Gasteiger partial charge in [-0.1, -0.05) is 47.1 Å². The molecular weight excluding hydrogens is 396 g/mol. The second kappa shape index (κ2) is 8.83. The maximum absolute atomic E-state index is 12.8. The standard InChI is InChI=1S/C23H22N4O4/c1-3-30-18-7-5-4-6-17(18)25-19(28)12-13-27-14-24-21-20(26-31-22(21)23(27)29)16-10-8-15(2)9-11-16/h4-11,14H,3,12-13H2,1-2H3,(H,25,28). The number of ether oxygens (including phenoxy) is 1. The Bertz CT molecular complexity index is 1270. The van der Waals surface area contributed by atoms with Crippen LogP contribution in [0.2, 0.25) is 0 Å². The maximum Gasteiger partial charge on any atom is 0.299 e. The van der Waals surface area contributed by atoms with Crippen molar-refractivity contribution in [2.45, 2.75) is 26.8 Å². The fraction of sp³-hybridized carbons (Fsp3) is 0.217. The zero-order valence-electron chi connectivity index (χ0n) is 17.3. The molecule has 1 amide bonds. The van der Waals surface area contributed by atoms with E-state index in [1.807, 2.05) is 50.2 Å².